The van der Waals surface area contributed by atoms with Crippen LogP contribution in [0, 0.1) is 22.7 Å². The van der Waals surface area contributed by atoms with Crippen molar-refractivity contribution in [3.63, 3.8) is 0 Å². The molecule has 0 heterocycles. The molecule has 0 aromatic rings. The molecule has 0 saturated heterocycles. The number of halogens is 1. The van der Waals surface area contributed by atoms with Gasteiger partial charge in [0, 0.05) is 4.99 Å². The molecule has 0 aromatic carbocycles. The molecule has 0 radical (unpaired) electrons. The summed E-state index contributed by atoms with van der Waals surface area (Å²) in [5.74, 6) is 0. The Labute approximate surface area is 49.8 Å². The van der Waals surface area contributed by atoms with Gasteiger partial charge in [-0.25, -0.2) is 0 Å². The van der Waals surface area contributed by atoms with E-state index in [-0.39, 0.29) is 5.57 Å². The second-order valence-corrected chi connectivity index (χ2v) is 1.20. The van der Waals surface area contributed by atoms with Gasteiger partial charge in [-0.1, -0.05) is 15.9 Å². The molecule has 0 unspecified atom stereocenters. The fourth-order valence-corrected chi connectivity index (χ4v) is 0.279. The van der Waals surface area contributed by atoms with Crippen molar-refractivity contribution in [2.45, 2.75) is 0 Å². The molecule has 0 aliphatic carbocycles. The molecule has 0 amide bonds. The van der Waals surface area contributed by atoms with Gasteiger partial charge in [-0.05, 0) is 0 Å². The molecule has 3 heteroatoms. The minimum atomic E-state index is 0.0833. The summed E-state index contributed by atoms with van der Waals surface area (Å²) in [6, 6.07) is 3.31. The maximum Gasteiger partial charge on any atom is 0.136 e. The van der Waals surface area contributed by atoms with Crippen LogP contribution in [-0.2, 0) is 0 Å². The number of nitrogens with zero attached hydrogens (tertiary/aromatic N) is 2. The van der Waals surface area contributed by atoms with Crippen LogP contribution in [0.15, 0.2) is 10.6 Å². The minimum absolute atomic E-state index is 0.0833. The van der Waals surface area contributed by atoms with Gasteiger partial charge in [0.05, 0.1) is 0 Å². The molecule has 0 aromatic heterocycles. The Morgan fingerprint density at radius 2 is 1.86 bits per heavy atom. The third-order valence-electron chi connectivity index (χ3n) is 0.350. The smallest absolute Gasteiger partial charge is 0.136 e. The van der Waals surface area contributed by atoms with E-state index in [2.05, 4.69) is 15.9 Å². The molecule has 0 aliphatic rings. The Morgan fingerprint density at radius 1 is 1.43 bits per heavy atom. The van der Waals surface area contributed by atoms with Gasteiger partial charge in [-0.15, -0.1) is 0 Å². The summed E-state index contributed by atoms with van der Waals surface area (Å²) in [6.45, 7) is 0. The summed E-state index contributed by atoms with van der Waals surface area (Å²) in [4.78, 5) is 1.28. The molecule has 0 aliphatic heterocycles. The number of rotatable bonds is 0. The first-order valence-electron chi connectivity index (χ1n) is 1.45. The van der Waals surface area contributed by atoms with E-state index in [4.69, 9.17) is 10.5 Å². The lowest BCUT2D eigenvalue weighted by atomic mass is 10.4. The van der Waals surface area contributed by atoms with Gasteiger partial charge >= 0.3 is 0 Å². The lowest BCUT2D eigenvalue weighted by Gasteiger charge is -1.65. The first kappa shape index (κ1) is 6.20. The van der Waals surface area contributed by atoms with Gasteiger partial charge in [-0.2, -0.15) is 10.5 Å². The van der Waals surface area contributed by atoms with Crippen LogP contribution >= 0.6 is 15.9 Å². The van der Waals surface area contributed by atoms with Crippen LogP contribution in [-0.4, -0.2) is 0 Å². The van der Waals surface area contributed by atoms with Crippen molar-refractivity contribution in [2.24, 2.45) is 0 Å². The Hall–Kier alpha value is -0.800. The zero-order valence-electron chi connectivity index (χ0n) is 3.35. The molecule has 0 saturated carbocycles. The van der Waals surface area contributed by atoms with E-state index < -0.39 is 0 Å². The fourth-order valence-electron chi connectivity index (χ4n) is 0.0738. The SMILES string of the molecule is N#CC(C#N)=CBr. The molecule has 0 bridgehead atoms. The molecule has 7 heavy (non-hydrogen) atoms. The summed E-state index contributed by atoms with van der Waals surface area (Å²) in [5, 5.41) is 15.9. The zero-order chi connectivity index (χ0) is 5.70. The average Bonchev–Trinajstić information content (AvgIpc) is 1.72. The third-order valence-corrected chi connectivity index (χ3v) is 0.808. The molecule has 34 valence electrons. The highest BCUT2D eigenvalue weighted by atomic mass is 79.9. The van der Waals surface area contributed by atoms with E-state index in [9.17, 15) is 0 Å². The topological polar surface area (TPSA) is 47.6 Å². The number of allylic oxidation sites excluding steroid dienone is 1. The predicted octanol–water partition coefficient (Wildman–Crippen LogP) is 1.31. The van der Waals surface area contributed by atoms with Gasteiger partial charge in [0.1, 0.15) is 17.7 Å². The van der Waals surface area contributed by atoms with E-state index in [0.29, 0.717) is 0 Å². The summed E-state index contributed by atoms with van der Waals surface area (Å²) in [5.41, 5.74) is 0.0833. The summed E-state index contributed by atoms with van der Waals surface area (Å²) < 4.78 is 0. The predicted molar refractivity (Wildman–Crippen MR) is 28.2 cm³/mol. The van der Waals surface area contributed by atoms with Crippen molar-refractivity contribution in [3.05, 3.63) is 10.6 Å². The first-order valence-corrected chi connectivity index (χ1v) is 2.37. The van der Waals surface area contributed by atoms with Crippen molar-refractivity contribution < 1.29 is 0 Å². The maximum atomic E-state index is 7.96. The molecule has 0 N–H and O–H groups in total. The summed E-state index contributed by atoms with van der Waals surface area (Å²) in [7, 11) is 0. The first-order chi connectivity index (χ1) is 3.35. The van der Waals surface area contributed by atoms with E-state index in [0.717, 1.165) is 0 Å². The number of nitriles is 2. The van der Waals surface area contributed by atoms with E-state index in [1.807, 2.05) is 0 Å². The van der Waals surface area contributed by atoms with Crippen LogP contribution in [0.3, 0.4) is 0 Å². The van der Waals surface area contributed by atoms with E-state index >= 15 is 0 Å². The molecule has 0 spiro atoms. The lowest BCUT2D eigenvalue weighted by Crippen LogP contribution is -1.62. The molecule has 0 rings (SSSR count). The second-order valence-electron chi connectivity index (χ2n) is 0.746. The molecule has 2 nitrogen and oxygen atoms in total. The second kappa shape index (κ2) is 3.39. The Bertz CT molecular complexity index is 142. The normalized spacial score (nSPS) is 5.57. The minimum Gasteiger partial charge on any atom is -0.192 e. The van der Waals surface area contributed by atoms with E-state index in [1.165, 1.54) is 4.99 Å². The van der Waals surface area contributed by atoms with Crippen LogP contribution in [0.25, 0.3) is 0 Å². The highest BCUT2D eigenvalue weighted by molar-refractivity contribution is 9.11. The van der Waals surface area contributed by atoms with Crippen molar-refractivity contribution in [3.8, 4) is 12.1 Å². The van der Waals surface area contributed by atoms with Crippen LogP contribution in [0.5, 0.6) is 0 Å². The van der Waals surface area contributed by atoms with Crippen LogP contribution in [0.4, 0.5) is 0 Å². The lowest BCUT2D eigenvalue weighted by molar-refractivity contribution is 1.47. The quantitative estimate of drug-likeness (QED) is 0.497. The molecule has 0 fully saturated rings. The Balaban J connectivity index is 4.03. The number of hydrogen-bond donors (Lipinski definition) is 0. The van der Waals surface area contributed by atoms with Crippen molar-refractivity contribution in [2.75, 3.05) is 0 Å². The zero-order valence-corrected chi connectivity index (χ0v) is 4.94. The van der Waals surface area contributed by atoms with E-state index in [1.54, 1.807) is 12.1 Å². The fraction of sp³-hybridized carbons (Fsp3) is 0. The van der Waals surface area contributed by atoms with Crippen LogP contribution in [0.2, 0.25) is 0 Å². The van der Waals surface area contributed by atoms with Crippen molar-refractivity contribution in [1.82, 2.24) is 0 Å². The largest absolute Gasteiger partial charge is 0.192 e. The van der Waals surface area contributed by atoms with Crippen LogP contribution in [0.1, 0.15) is 0 Å². The highest BCUT2D eigenvalue weighted by Crippen LogP contribution is 1.92. The molecule has 0 atom stereocenters. The maximum absolute atomic E-state index is 7.96. The van der Waals surface area contributed by atoms with Gasteiger partial charge in [0.15, 0.2) is 0 Å². The number of hydrogen-bond acceptors (Lipinski definition) is 2. The van der Waals surface area contributed by atoms with Gasteiger partial charge in [0.25, 0.3) is 0 Å². The molecular formula is C4HBrN2. The average molecular weight is 157 g/mol. The third kappa shape index (κ3) is 1.97. The standard InChI is InChI=1S/C4HBrN2/c5-1-4(2-6)3-7/h1H. The van der Waals surface area contributed by atoms with Crippen molar-refractivity contribution >= 4 is 15.9 Å². The van der Waals surface area contributed by atoms with Gasteiger partial charge in [0.2, 0.25) is 0 Å². The Kier molecular flexibility index (Phi) is 3.00. The summed E-state index contributed by atoms with van der Waals surface area (Å²) >= 11 is 2.83. The van der Waals surface area contributed by atoms with Gasteiger partial charge < -0.3 is 0 Å². The Morgan fingerprint density at radius 3 is 1.86 bits per heavy atom. The van der Waals surface area contributed by atoms with Gasteiger partial charge in [-0.3, -0.25) is 0 Å². The highest BCUT2D eigenvalue weighted by Gasteiger charge is 1.82. The molecular weight excluding hydrogens is 156 g/mol. The summed E-state index contributed by atoms with van der Waals surface area (Å²) in [6.07, 6.45) is 0. The van der Waals surface area contributed by atoms with Crippen LogP contribution < -0.4 is 0 Å². The van der Waals surface area contributed by atoms with Crippen molar-refractivity contribution in [1.29, 1.82) is 10.5 Å². The monoisotopic (exact) mass is 156 g/mol.